The van der Waals surface area contributed by atoms with Gasteiger partial charge in [-0.1, -0.05) is 24.3 Å². The molecule has 1 aliphatic heterocycles. The highest BCUT2D eigenvalue weighted by molar-refractivity contribution is 5.76. The van der Waals surface area contributed by atoms with Gasteiger partial charge in [0, 0.05) is 18.0 Å². The van der Waals surface area contributed by atoms with Crippen molar-refractivity contribution in [3.05, 3.63) is 72.3 Å². The summed E-state index contributed by atoms with van der Waals surface area (Å²) >= 11 is 0. The summed E-state index contributed by atoms with van der Waals surface area (Å²) in [6.45, 7) is -2.96. The van der Waals surface area contributed by atoms with Crippen molar-refractivity contribution in [2.24, 2.45) is 10.7 Å². The van der Waals surface area contributed by atoms with Gasteiger partial charge in [0.15, 0.2) is 17.0 Å². The lowest BCUT2D eigenvalue weighted by atomic mass is 9.83. The van der Waals surface area contributed by atoms with Crippen molar-refractivity contribution >= 4 is 6.02 Å². The van der Waals surface area contributed by atoms with E-state index in [1.165, 1.54) is 18.5 Å². The maximum atomic E-state index is 12.5. The number of alkyl halides is 2. The molecule has 1 unspecified atom stereocenters. The fourth-order valence-electron chi connectivity index (χ4n) is 3.27. The van der Waals surface area contributed by atoms with Crippen LogP contribution in [-0.2, 0) is 10.3 Å². The number of phenolic OH excluding ortho intramolecular Hbond substituents is 1. The lowest BCUT2D eigenvalue weighted by Gasteiger charge is -2.26. The van der Waals surface area contributed by atoms with E-state index in [4.69, 9.17) is 10.5 Å². The van der Waals surface area contributed by atoms with E-state index in [-0.39, 0.29) is 18.4 Å². The van der Waals surface area contributed by atoms with Gasteiger partial charge in [-0.05, 0) is 34.9 Å². The molecular weight excluding hydrogens is 382 g/mol. The first-order chi connectivity index (χ1) is 14.0. The Bertz CT molecular complexity index is 1060. The van der Waals surface area contributed by atoms with E-state index < -0.39 is 17.9 Å². The summed E-state index contributed by atoms with van der Waals surface area (Å²) in [5, 5.41) is 10.2. The third-order valence-corrected chi connectivity index (χ3v) is 4.62. The van der Waals surface area contributed by atoms with Crippen LogP contribution in [0.5, 0.6) is 11.5 Å². The number of phenols is 1. The molecule has 0 bridgehead atoms. The van der Waals surface area contributed by atoms with Gasteiger partial charge in [-0.25, -0.2) is 15.0 Å². The van der Waals surface area contributed by atoms with Crippen LogP contribution in [0.4, 0.5) is 8.78 Å². The predicted octanol–water partition coefficient (Wildman–Crippen LogP) is 3.04. The highest BCUT2D eigenvalue weighted by Crippen LogP contribution is 2.41. The van der Waals surface area contributed by atoms with Gasteiger partial charge in [-0.3, -0.25) is 0 Å². The summed E-state index contributed by atoms with van der Waals surface area (Å²) in [5.74, 6) is -0.764. The molecular formula is C20H16F2N4O3. The minimum absolute atomic E-state index is 0.00848. The van der Waals surface area contributed by atoms with Crippen LogP contribution < -0.4 is 10.5 Å². The highest BCUT2D eigenvalue weighted by Gasteiger charge is 2.40. The van der Waals surface area contributed by atoms with Crippen molar-refractivity contribution in [2.45, 2.75) is 12.2 Å². The molecule has 0 aliphatic carbocycles. The predicted molar refractivity (Wildman–Crippen MR) is 101 cm³/mol. The summed E-state index contributed by atoms with van der Waals surface area (Å²) < 4.78 is 34.7. The number of aliphatic imine (C=N–C) groups is 1. The Labute approximate surface area is 164 Å². The number of aromatic hydroxyl groups is 1. The fourth-order valence-corrected chi connectivity index (χ4v) is 3.27. The second-order valence-corrected chi connectivity index (χ2v) is 6.37. The number of aromatic nitrogens is 2. The van der Waals surface area contributed by atoms with Gasteiger partial charge in [-0.15, -0.1) is 0 Å². The lowest BCUT2D eigenvalue weighted by Crippen LogP contribution is -2.27. The first-order valence-electron chi connectivity index (χ1n) is 8.60. The maximum absolute atomic E-state index is 12.5. The molecule has 0 fully saturated rings. The molecule has 0 radical (unpaired) electrons. The average Bonchev–Trinajstić information content (AvgIpc) is 3.13. The second kappa shape index (κ2) is 7.34. The first kappa shape index (κ1) is 18.6. The molecule has 29 heavy (non-hydrogen) atoms. The van der Waals surface area contributed by atoms with E-state index >= 15 is 0 Å². The molecule has 0 amide bonds. The molecule has 0 spiro atoms. The quantitative estimate of drug-likeness (QED) is 0.685. The molecule has 1 aliphatic rings. The average molecular weight is 398 g/mol. The normalized spacial score (nSPS) is 18.4. The molecule has 4 rings (SSSR count). The van der Waals surface area contributed by atoms with Crippen LogP contribution in [0.25, 0.3) is 11.1 Å². The number of nitrogens with zero attached hydrogens (tertiary/aromatic N) is 3. The SMILES string of the molecule is NC1=NC(c2cccc(-c3cncnc3)c2)(c2ccc(OC(F)F)c(O)c2)CO1. The molecule has 3 aromatic rings. The zero-order valence-corrected chi connectivity index (χ0v) is 15.0. The maximum Gasteiger partial charge on any atom is 0.387 e. The topological polar surface area (TPSA) is 103 Å². The molecule has 3 N–H and O–H groups in total. The summed E-state index contributed by atoms with van der Waals surface area (Å²) in [6, 6.07) is 11.6. The van der Waals surface area contributed by atoms with Gasteiger partial charge in [-0.2, -0.15) is 8.78 Å². The molecule has 9 heteroatoms. The van der Waals surface area contributed by atoms with Crippen molar-refractivity contribution in [1.29, 1.82) is 0 Å². The number of halogens is 2. The van der Waals surface area contributed by atoms with E-state index in [1.54, 1.807) is 18.5 Å². The van der Waals surface area contributed by atoms with Crippen LogP contribution in [0.15, 0.2) is 66.2 Å². The molecule has 2 aromatic carbocycles. The van der Waals surface area contributed by atoms with Gasteiger partial charge in [0.1, 0.15) is 12.9 Å². The molecule has 1 atom stereocenters. The van der Waals surface area contributed by atoms with E-state index in [0.717, 1.165) is 16.7 Å². The van der Waals surface area contributed by atoms with Crippen molar-refractivity contribution < 1.29 is 23.4 Å². The largest absolute Gasteiger partial charge is 0.504 e. The van der Waals surface area contributed by atoms with E-state index in [0.29, 0.717) is 5.56 Å². The fraction of sp³-hybridized carbons (Fsp3) is 0.150. The lowest BCUT2D eigenvalue weighted by molar-refractivity contribution is -0.0512. The number of ether oxygens (including phenoxy) is 2. The zero-order chi connectivity index (χ0) is 20.4. The minimum atomic E-state index is -3.05. The minimum Gasteiger partial charge on any atom is -0.504 e. The molecule has 1 aromatic heterocycles. The van der Waals surface area contributed by atoms with E-state index in [9.17, 15) is 13.9 Å². The monoisotopic (exact) mass is 398 g/mol. The molecule has 0 saturated heterocycles. The molecule has 2 heterocycles. The van der Waals surface area contributed by atoms with Crippen LogP contribution >= 0.6 is 0 Å². The van der Waals surface area contributed by atoms with Gasteiger partial charge in [0.2, 0.25) is 0 Å². The van der Waals surface area contributed by atoms with Gasteiger partial charge in [0.05, 0.1) is 0 Å². The molecule has 148 valence electrons. The Morgan fingerprint density at radius 2 is 1.83 bits per heavy atom. The van der Waals surface area contributed by atoms with Crippen molar-refractivity contribution in [1.82, 2.24) is 9.97 Å². The first-order valence-corrected chi connectivity index (χ1v) is 8.60. The Balaban J connectivity index is 1.81. The Morgan fingerprint density at radius 1 is 1.07 bits per heavy atom. The van der Waals surface area contributed by atoms with Gasteiger partial charge < -0.3 is 20.3 Å². The van der Waals surface area contributed by atoms with Crippen LogP contribution in [0.1, 0.15) is 11.1 Å². The summed E-state index contributed by atoms with van der Waals surface area (Å²) in [6.07, 6.45) is 4.81. The van der Waals surface area contributed by atoms with E-state index in [2.05, 4.69) is 19.7 Å². The number of hydrogen-bond donors (Lipinski definition) is 2. The number of hydrogen-bond acceptors (Lipinski definition) is 7. The van der Waals surface area contributed by atoms with Crippen molar-refractivity contribution in [3.63, 3.8) is 0 Å². The van der Waals surface area contributed by atoms with Gasteiger partial charge in [0.25, 0.3) is 6.02 Å². The summed E-state index contributed by atoms with van der Waals surface area (Å²) in [5.41, 5.74) is 7.64. The summed E-state index contributed by atoms with van der Waals surface area (Å²) in [4.78, 5) is 12.5. The van der Waals surface area contributed by atoms with Gasteiger partial charge >= 0.3 is 6.61 Å². The Kier molecular flexibility index (Phi) is 4.71. The molecule has 0 saturated carbocycles. The highest BCUT2D eigenvalue weighted by atomic mass is 19.3. The number of benzene rings is 2. The van der Waals surface area contributed by atoms with E-state index in [1.807, 2.05) is 24.3 Å². The number of rotatable bonds is 5. The van der Waals surface area contributed by atoms with Crippen LogP contribution in [0.2, 0.25) is 0 Å². The third kappa shape index (κ3) is 3.54. The van der Waals surface area contributed by atoms with Crippen LogP contribution in [0, 0.1) is 0 Å². The second-order valence-electron chi connectivity index (χ2n) is 6.37. The Hall–Kier alpha value is -3.75. The Morgan fingerprint density at radius 3 is 2.48 bits per heavy atom. The third-order valence-electron chi connectivity index (χ3n) is 4.62. The zero-order valence-electron chi connectivity index (χ0n) is 15.0. The smallest absolute Gasteiger partial charge is 0.387 e. The van der Waals surface area contributed by atoms with Crippen molar-refractivity contribution in [2.75, 3.05) is 6.61 Å². The summed E-state index contributed by atoms with van der Waals surface area (Å²) in [7, 11) is 0. The molecule has 7 nitrogen and oxygen atoms in total. The van der Waals surface area contributed by atoms with Crippen molar-refractivity contribution in [3.8, 4) is 22.6 Å². The number of nitrogens with two attached hydrogens (primary N) is 1. The number of amidine groups is 1. The standard InChI is InChI=1S/C20H16F2N4O3/c21-18(22)29-17-5-4-15(7-16(17)27)20(10-28-19(23)26-20)14-3-1-2-12(6-14)13-8-24-11-25-9-13/h1-9,11,18,27H,10H2,(H2,23,26). The van der Waals surface area contributed by atoms with Crippen LogP contribution in [-0.4, -0.2) is 34.3 Å². The van der Waals surface area contributed by atoms with Crippen LogP contribution in [0.3, 0.4) is 0 Å².